The molecule has 1 atom stereocenters. The maximum Gasteiger partial charge on any atom is 0.223 e. The Hall–Kier alpha value is -1.55. The fourth-order valence-corrected chi connectivity index (χ4v) is 1.61. The topological polar surface area (TPSA) is 58.6 Å². The Labute approximate surface area is 108 Å². The van der Waals surface area contributed by atoms with Crippen molar-refractivity contribution in [1.29, 1.82) is 0 Å². The SMILES string of the molecule is Cc1ccc(OCCC(=O)N[C@@H](C)CO)c(C)c1. The molecule has 0 saturated heterocycles. The third kappa shape index (κ3) is 4.75. The molecule has 2 N–H and O–H groups in total. The average Bonchev–Trinajstić information content (AvgIpc) is 2.31. The van der Waals surface area contributed by atoms with Gasteiger partial charge in [-0.3, -0.25) is 4.79 Å². The number of hydrogen-bond acceptors (Lipinski definition) is 3. The fraction of sp³-hybridized carbons (Fsp3) is 0.500. The summed E-state index contributed by atoms with van der Waals surface area (Å²) in [4.78, 5) is 11.4. The molecule has 0 aliphatic heterocycles. The van der Waals surface area contributed by atoms with Crippen LogP contribution in [0.25, 0.3) is 0 Å². The van der Waals surface area contributed by atoms with Crippen molar-refractivity contribution in [2.75, 3.05) is 13.2 Å². The van der Waals surface area contributed by atoms with Crippen LogP contribution < -0.4 is 10.1 Å². The van der Waals surface area contributed by atoms with Gasteiger partial charge in [-0.2, -0.15) is 0 Å². The van der Waals surface area contributed by atoms with Gasteiger partial charge in [0.1, 0.15) is 5.75 Å². The van der Waals surface area contributed by atoms with Crippen molar-refractivity contribution >= 4 is 5.91 Å². The van der Waals surface area contributed by atoms with Crippen LogP contribution >= 0.6 is 0 Å². The minimum absolute atomic E-state index is 0.0519. The van der Waals surface area contributed by atoms with Gasteiger partial charge >= 0.3 is 0 Å². The van der Waals surface area contributed by atoms with Gasteiger partial charge in [-0.05, 0) is 32.4 Å². The van der Waals surface area contributed by atoms with Crippen molar-refractivity contribution in [2.45, 2.75) is 33.2 Å². The fourth-order valence-electron chi connectivity index (χ4n) is 1.61. The van der Waals surface area contributed by atoms with Crippen molar-refractivity contribution in [1.82, 2.24) is 5.32 Å². The number of amides is 1. The standard InChI is InChI=1S/C14H21NO3/c1-10-4-5-13(11(2)8-10)18-7-6-14(17)15-12(3)9-16/h4-5,8,12,16H,6-7,9H2,1-3H3,(H,15,17)/t12-/m0/s1. The van der Waals surface area contributed by atoms with Crippen LogP contribution in [0.15, 0.2) is 18.2 Å². The first kappa shape index (κ1) is 14.5. The molecule has 0 radical (unpaired) electrons. The Morgan fingerprint density at radius 3 is 2.78 bits per heavy atom. The summed E-state index contributed by atoms with van der Waals surface area (Å²) in [5.41, 5.74) is 2.26. The lowest BCUT2D eigenvalue weighted by molar-refractivity contribution is -0.122. The number of rotatable bonds is 6. The zero-order valence-electron chi connectivity index (χ0n) is 11.2. The van der Waals surface area contributed by atoms with Gasteiger partial charge in [-0.25, -0.2) is 0 Å². The Morgan fingerprint density at radius 1 is 1.44 bits per heavy atom. The molecule has 0 unspecified atom stereocenters. The van der Waals surface area contributed by atoms with Crippen LogP contribution in [0.3, 0.4) is 0 Å². The number of carbonyl (C=O) groups is 1. The van der Waals surface area contributed by atoms with E-state index in [1.165, 1.54) is 5.56 Å². The lowest BCUT2D eigenvalue weighted by atomic mass is 10.1. The summed E-state index contributed by atoms with van der Waals surface area (Å²) in [5, 5.41) is 11.5. The molecule has 0 aliphatic carbocycles. The summed E-state index contributed by atoms with van der Waals surface area (Å²) in [7, 11) is 0. The highest BCUT2D eigenvalue weighted by molar-refractivity contribution is 5.76. The molecule has 0 aliphatic rings. The van der Waals surface area contributed by atoms with E-state index in [0.29, 0.717) is 6.61 Å². The summed E-state index contributed by atoms with van der Waals surface area (Å²) in [6, 6.07) is 5.73. The highest BCUT2D eigenvalue weighted by atomic mass is 16.5. The summed E-state index contributed by atoms with van der Waals surface area (Å²) in [5.74, 6) is 0.699. The van der Waals surface area contributed by atoms with Crippen LogP contribution in [0.1, 0.15) is 24.5 Å². The number of aliphatic hydroxyl groups is 1. The van der Waals surface area contributed by atoms with Crippen LogP contribution in [0, 0.1) is 13.8 Å². The van der Waals surface area contributed by atoms with E-state index in [-0.39, 0.29) is 25.0 Å². The molecule has 1 amide bonds. The number of benzene rings is 1. The van der Waals surface area contributed by atoms with E-state index in [9.17, 15) is 4.79 Å². The molecule has 0 bridgehead atoms. The summed E-state index contributed by atoms with van der Waals surface area (Å²) in [6.45, 7) is 6.05. The van der Waals surface area contributed by atoms with Crippen LogP contribution in [0.2, 0.25) is 0 Å². The molecule has 1 rings (SSSR count). The lowest BCUT2D eigenvalue weighted by Gasteiger charge is -2.12. The average molecular weight is 251 g/mol. The molecule has 0 heterocycles. The van der Waals surface area contributed by atoms with Gasteiger partial charge in [0, 0.05) is 6.04 Å². The van der Waals surface area contributed by atoms with Crippen molar-refractivity contribution in [3.63, 3.8) is 0 Å². The molecule has 0 spiro atoms. The second-order valence-corrected chi connectivity index (χ2v) is 4.52. The van der Waals surface area contributed by atoms with E-state index >= 15 is 0 Å². The second kappa shape index (κ2) is 7.01. The van der Waals surface area contributed by atoms with Gasteiger partial charge in [0.15, 0.2) is 0 Å². The van der Waals surface area contributed by atoms with Crippen LogP contribution in [0.5, 0.6) is 5.75 Å². The van der Waals surface area contributed by atoms with Crippen LogP contribution in [0.4, 0.5) is 0 Å². The van der Waals surface area contributed by atoms with Gasteiger partial charge in [0.25, 0.3) is 0 Å². The van der Waals surface area contributed by atoms with E-state index in [1.54, 1.807) is 6.92 Å². The van der Waals surface area contributed by atoms with Crippen LogP contribution in [-0.4, -0.2) is 30.3 Å². The highest BCUT2D eigenvalue weighted by Crippen LogP contribution is 2.18. The first-order chi connectivity index (χ1) is 8.52. The van der Waals surface area contributed by atoms with Gasteiger partial charge in [-0.15, -0.1) is 0 Å². The zero-order chi connectivity index (χ0) is 13.5. The van der Waals surface area contributed by atoms with E-state index < -0.39 is 0 Å². The maximum absolute atomic E-state index is 11.4. The summed E-state index contributed by atoms with van der Waals surface area (Å²) < 4.78 is 5.55. The Morgan fingerprint density at radius 2 is 2.17 bits per heavy atom. The monoisotopic (exact) mass is 251 g/mol. The van der Waals surface area contributed by atoms with E-state index in [1.807, 2.05) is 32.0 Å². The van der Waals surface area contributed by atoms with E-state index in [2.05, 4.69) is 5.32 Å². The Balaban J connectivity index is 2.35. The third-order valence-corrected chi connectivity index (χ3v) is 2.60. The van der Waals surface area contributed by atoms with Gasteiger partial charge in [0.05, 0.1) is 19.6 Å². The Kier molecular flexibility index (Phi) is 5.65. The molecule has 0 fully saturated rings. The molecular weight excluding hydrogens is 230 g/mol. The molecule has 0 aromatic heterocycles. The predicted octanol–water partition coefficient (Wildman–Crippen LogP) is 1.57. The Bertz CT molecular complexity index is 404. The van der Waals surface area contributed by atoms with Crippen molar-refractivity contribution in [3.8, 4) is 5.75 Å². The number of nitrogens with one attached hydrogen (secondary N) is 1. The summed E-state index contributed by atoms with van der Waals surface area (Å²) >= 11 is 0. The van der Waals surface area contributed by atoms with E-state index in [4.69, 9.17) is 9.84 Å². The molecule has 1 aromatic carbocycles. The smallest absolute Gasteiger partial charge is 0.223 e. The minimum atomic E-state index is -0.210. The van der Waals surface area contributed by atoms with Gasteiger partial charge < -0.3 is 15.2 Å². The summed E-state index contributed by atoms with van der Waals surface area (Å²) in [6.07, 6.45) is 0.289. The first-order valence-electron chi connectivity index (χ1n) is 6.13. The van der Waals surface area contributed by atoms with Gasteiger partial charge in [-0.1, -0.05) is 17.7 Å². The predicted molar refractivity (Wildman–Crippen MR) is 70.7 cm³/mol. The molecular formula is C14H21NO3. The largest absolute Gasteiger partial charge is 0.493 e. The highest BCUT2D eigenvalue weighted by Gasteiger charge is 2.06. The molecule has 4 nitrogen and oxygen atoms in total. The second-order valence-electron chi connectivity index (χ2n) is 4.52. The lowest BCUT2D eigenvalue weighted by Crippen LogP contribution is -2.35. The quantitative estimate of drug-likeness (QED) is 0.807. The van der Waals surface area contributed by atoms with E-state index in [0.717, 1.165) is 11.3 Å². The number of carbonyl (C=O) groups excluding carboxylic acids is 1. The number of aliphatic hydroxyl groups excluding tert-OH is 1. The molecule has 0 saturated carbocycles. The number of aryl methyl sites for hydroxylation is 2. The molecule has 1 aromatic rings. The molecule has 4 heteroatoms. The van der Waals surface area contributed by atoms with Crippen LogP contribution in [-0.2, 0) is 4.79 Å². The number of ether oxygens (including phenoxy) is 1. The molecule has 18 heavy (non-hydrogen) atoms. The molecule has 100 valence electrons. The maximum atomic E-state index is 11.4. The zero-order valence-corrected chi connectivity index (χ0v) is 11.2. The van der Waals surface area contributed by atoms with Crippen molar-refractivity contribution < 1.29 is 14.6 Å². The van der Waals surface area contributed by atoms with Crippen molar-refractivity contribution in [2.24, 2.45) is 0 Å². The first-order valence-corrected chi connectivity index (χ1v) is 6.13. The normalized spacial score (nSPS) is 12.0. The van der Waals surface area contributed by atoms with Crippen molar-refractivity contribution in [3.05, 3.63) is 29.3 Å². The third-order valence-electron chi connectivity index (χ3n) is 2.60. The minimum Gasteiger partial charge on any atom is -0.493 e. The number of hydrogen-bond donors (Lipinski definition) is 2. The van der Waals surface area contributed by atoms with Gasteiger partial charge in [0.2, 0.25) is 5.91 Å².